The molecule has 1 unspecified atom stereocenters. The quantitative estimate of drug-likeness (QED) is 0.778. The number of hydrogen-bond donors (Lipinski definition) is 1. The Bertz CT molecular complexity index is 221. The molecule has 0 aliphatic carbocycles. The topological polar surface area (TPSA) is 23.5 Å². The zero-order valence-corrected chi connectivity index (χ0v) is 9.05. The van der Waals surface area contributed by atoms with E-state index in [-0.39, 0.29) is 6.10 Å². The van der Waals surface area contributed by atoms with Crippen LogP contribution in [0.2, 0.25) is 0 Å². The van der Waals surface area contributed by atoms with Gasteiger partial charge in [-0.05, 0) is 42.8 Å². The summed E-state index contributed by atoms with van der Waals surface area (Å²) in [5.41, 5.74) is 1.39. The second-order valence-corrected chi connectivity index (χ2v) is 4.27. The zero-order valence-electron chi connectivity index (χ0n) is 8.23. The average Bonchev–Trinajstić information content (AvgIpc) is 2.51. The normalized spacial score (nSPS) is 13.5. The van der Waals surface area contributed by atoms with Crippen molar-refractivity contribution in [1.82, 2.24) is 4.90 Å². The number of rotatable bonds is 5. The Hall–Kier alpha value is -0.380. The molecular formula is C10H17NOS. The fraction of sp³-hybridized carbons (Fsp3) is 0.600. The van der Waals surface area contributed by atoms with Gasteiger partial charge in [0.05, 0.1) is 6.10 Å². The summed E-state index contributed by atoms with van der Waals surface area (Å²) in [7, 11) is 2.04. The molecule has 0 aliphatic rings. The van der Waals surface area contributed by atoms with Gasteiger partial charge in [0.15, 0.2) is 0 Å². The highest BCUT2D eigenvalue weighted by Gasteiger charge is 2.02. The van der Waals surface area contributed by atoms with E-state index in [0.29, 0.717) is 0 Å². The first kappa shape index (κ1) is 10.7. The Kier molecular flexibility index (Phi) is 4.42. The van der Waals surface area contributed by atoms with E-state index in [2.05, 4.69) is 21.7 Å². The highest BCUT2D eigenvalue weighted by atomic mass is 32.1. The van der Waals surface area contributed by atoms with Gasteiger partial charge in [-0.2, -0.15) is 11.3 Å². The Labute approximate surface area is 83.8 Å². The highest BCUT2D eigenvalue weighted by molar-refractivity contribution is 7.07. The molecule has 3 heteroatoms. The molecule has 1 heterocycles. The van der Waals surface area contributed by atoms with Crippen molar-refractivity contribution < 1.29 is 5.11 Å². The van der Waals surface area contributed by atoms with E-state index in [1.165, 1.54) is 5.56 Å². The summed E-state index contributed by atoms with van der Waals surface area (Å²) in [4.78, 5) is 2.16. The zero-order chi connectivity index (χ0) is 9.68. The molecule has 13 heavy (non-hydrogen) atoms. The minimum absolute atomic E-state index is 0.229. The molecule has 0 saturated carbocycles. The molecule has 0 bridgehead atoms. The number of aliphatic hydroxyl groups excluding tert-OH is 1. The predicted octanol–water partition coefficient (Wildman–Crippen LogP) is 1.60. The molecule has 1 atom stereocenters. The molecule has 1 N–H and O–H groups in total. The van der Waals surface area contributed by atoms with Crippen LogP contribution in [-0.4, -0.2) is 36.2 Å². The van der Waals surface area contributed by atoms with Gasteiger partial charge in [0.1, 0.15) is 0 Å². The fourth-order valence-corrected chi connectivity index (χ4v) is 2.00. The van der Waals surface area contributed by atoms with Crippen LogP contribution in [0.4, 0.5) is 0 Å². The van der Waals surface area contributed by atoms with E-state index in [0.717, 1.165) is 19.5 Å². The van der Waals surface area contributed by atoms with Crippen molar-refractivity contribution in [2.45, 2.75) is 19.4 Å². The maximum absolute atomic E-state index is 9.14. The number of hydrogen-bond acceptors (Lipinski definition) is 3. The lowest BCUT2D eigenvalue weighted by Gasteiger charge is -2.17. The standard InChI is InChI=1S/C10H17NOS/c1-9(12)7-11(2)5-3-10-4-6-13-8-10/h4,6,8-9,12H,3,5,7H2,1-2H3. The summed E-state index contributed by atoms with van der Waals surface area (Å²) < 4.78 is 0. The Morgan fingerprint density at radius 1 is 1.62 bits per heavy atom. The predicted molar refractivity (Wildman–Crippen MR) is 57.2 cm³/mol. The lowest BCUT2D eigenvalue weighted by atomic mass is 10.2. The minimum Gasteiger partial charge on any atom is -0.392 e. The van der Waals surface area contributed by atoms with Crippen LogP contribution in [-0.2, 0) is 6.42 Å². The van der Waals surface area contributed by atoms with E-state index in [1.807, 2.05) is 14.0 Å². The molecule has 1 rings (SSSR count). The molecule has 0 amide bonds. The smallest absolute Gasteiger partial charge is 0.0638 e. The van der Waals surface area contributed by atoms with Crippen molar-refractivity contribution in [3.05, 3.63) is 22.4 Å². The van der Waals surface area contributed by atoms with Crippen LogP contribution in [0.15, 0.2) is 16.8 Å². The van der Waals surface area contributed by atoms with Gasteiger partial charge in [-0.15, -0.1) is 0 Å². The van der Waals surface area contributed by atoms with E-state index >= 15 is 0 Å². The van der Waals surface area contributed by atoms with E-state index in [4.69, 9.17) is 5.11 Å². The first-order chi connectivity index (χ1) is 6.18. The van der Waals surface area contributed by atoms with Gasteiger partial charge in [0.25, 0.3) is 0 Å². The van der Waals surface area contributed by atoms with Crippen molar-refractivity contribution in [2.24, 2.45) is 0 Å². The number of nitrogens with zero attached hydrogens (tertiary/aromatic N) is 1. The molecule has 0 radical (unpaired) electrons. The van der Waals surface area contributed by atoms with E-state index in [9.17, 15) is 0 Å². The van der Waals surface area contributed by atoms with Crippen molar-refractivity contribution in [2.75, 3.05) is 20.1 Å². The van der Waals surface area contributed by atoms with Crippen molar-refractivity contribution in [3.63, 3.8) is 0 Å². The van der Waals surface area contributed by atoms with Gasteiger partial charge in [-0.3, -0.25) is 0 Å². The number of likely N-dealkylation sites (N-methyl/N-ethyl adjacent to an activating group) is 1. The molecule has 2 nitrogen and oxygen atoms in total. The van der Waals surface area contributed by atoms with Gasteiger partial charge >= 0.3 is 0 Å². The average molecular weight is 199 g/mol. The van der Waals surface area contributed by atoms with Crippen LogP contribution in [0, 0.1) is 0 Å². The van der Waals surface area contributed by atoms with Crippen LogP contribution in [0.25, 0.3) is 0 Å². The third-order valence-corrected chi connectivity index (χ3v) is 2.67. The first-order valence-corrected chi connectivity index (χ1v) is 5.50. The number of aliphatic hydroxyl groups is 1. The lowest BCUT2D eigenvalue weighted by Crippen LogP contribution is -2.28. The molecule has 1 aromatic rings. The van der Waals surface area contributed by atoms with Gasteiger partial charge in [-0.25, -0.2) is 0 Å². The number of thiophene rings is 1. The molecule has 0 aromatic carbocycles. The second kappa shape index (κ2) is 5.37. The molecule has 74 valence electrons. The lowest BCUT2D eigenvalue weighted by molar-refractivity contribution is 0.142. The van der Waals surface area contributed by atoms with Crippen LogP contribution in [0.3, 0.4) is 0 Å². The monoisotopic (exact) mass is 199 g/mol. The molecule has 0 aliphatic heterocycles. The summed E-state index contributed by atoms with van der Waals surface area (Å²) in [6, 6.07) is 2.15. The first-order valence-electron chi connectivity index (χ1n) is 4.56. The Morgan fingerprint density at radius 3 is 2.92 bits per heavy atom. The third-order valence-electron chi connectivity index (χ3n) is 1.94. The summed E-state index contributed by atoms with van der Waals surface area (Å²) in [5, 5.41) is 13.4. The molecular weight excluding hydrogens is 182 g/mol. The Morgan fingerprint density at radius 2 is 2.38 bits per heavy atom. The molecule has 0 spiro atoms. The molecule has 0 fully saturated rings. The van der Waals surface area contributed by atoms with Gasteiger partial charge < -0.3 is 10.0 Å². The Balaban J connectivity index is 2.19. The van der Waals surface area contributed by atoms with Crippen molar-refractivity contribution >= 4 is 11.3 Å². The van der Waals surface area contributed by atoms with Crippen LogP contribution >= 0.6 is 11.3 Å². The van der Waals surface area contributed by atoms with Crippen LogP contribution < -0.4 is 0 Å². The van der Waals surface area contributed by atoms with Gasteiger partial charge in [0, 0.05) is 13.1 Å². The van der Waals surface area contributed by atoms with E-state index < -0.39 is 0 Å². The summed E-state index contributed by atoms with van der Waals surface area (Å²) in [5.74, 6) is 0. The molecule has 0 saturated heterocycles. The molecule has 1 aromatic heterocycles. The fourth-order valence-electron chi connectivity index (χ4n) is 1.30. The van der Waals surface area contributed by atoms with Crippen molar-refractivity contribution in [1.29, 1.82) is 0 Å². The third kappa shape index (κ3) is 4.41. The largest absolute Gasteiger partial charge is 0.392 e. The van der Waals surface area contributed by atoms with Gasteiger partial charge in [-0.1, -0.05) is 0 Å². The summed E-state index contributed by atoms with van der Waals surface area (Å²) in [6.07, 6.45) is 0.847. The van der Waals surface area contributed by atoms with Crippen LogP contribution in [0.5, 0.6) is 0 Å². The van der Waals surface area contributed by atoms with Crippen LogP contribution in [0.1, 0.15) is 12.5 Å². The summed E-state index contributed by atoms with van der Waals surface area (Å²) in [6.45, 7) is 3.59. The maximum atomic E-state index is 9.14. The van der Waals surface area contributed by atoms with E-state index in [1.54, 1.807) is 11.3 Å². The highest BCUT2D eigenvalue weighted by Crippen LogP contribution is 2.06. The summed E-state index contributed by atoms with van der Waals surface area (Å²) >= 11 is 1.74. The second-order valence-electron chi connectivity index (χ2n) is 3.49. The van der Waals surface area contributed by atoms with Gasteiger partial charge in [0.2, 0.25) is 0 Å². The van der Waals surface area contributed by atoms with Crippen molar-refractivity contribution in [3.8, 4) is 0 Å². The minimum atomic E-state index is -0.229. The maximum Gasteiger partial charge on any atom is 0.0638 e. The SMILES string of the molecule is CC(O)CN(C)CCc1ccsc1.